The first-order valence-electron chi connectivity index (χ1n) is 5.83. The van der Waals surface area contributed by atoms with E-state index >= 15 is 0 Å². The number of hydrogen-bond acceptors (Lipinski definition) is 5. The van der Waals surface area contributed by atoms with Crippen molar-refractivity contribution in [2.24, 2.45) is 5.73 Å². The normalized spacial score (nSPS) is 15.6. The van der Waals surface area contributed by atoms with Crippen LogP contribution in [0.1, 0.15) is 12.7 Å². The third kappa shape index (κ3) is 2.94. The van der Waals surface area contributed by atoms with Crippen LogP contribution in [-0.2, 0) is 16.3 Å². The zero-order valence-corrected chi connectivity index (χ0v) is 11.7. The number of benzene rings is 1. The van der Waals surface area contributed by atoms with Crippen LogP contribution in [0.5, 0.6) is 0 Å². The number of nitrogens with zero attached hydrogens (tertiary/aromatic N) is 1. The second kappa shape index (κ2) is 4.59. The molecule has 104 valence electrons. The van der Waals surface area contributed by atoms with E-state index in [9.17, 15) is 13.5 Å². The molecule has 0 fully saturated rings. The molecule has 1 aromatic heterocycles. The minimum absolute atomic E-state index is 0.100. The van der Waals surface area contributed by atoms with Gasteiger partial charge in [0.2, 0.25) is 0 Å². The van der Waals surface area contributed by atoms with E-state index in [4.69, 9.17) is 5.73 Å². The molecule has 4 N–H and O–H groups in total. The molecule has 1 heterocycles. The Balaban J connectivity index is 2.53. The molecule has 19 heavy (non-hydrogen) atoms. The summed E-state index contributed by atoms with van der Waals surface area (Å²) in [6.07, 6.45) is 1.38. The maximum absolute atomic E-state index is 11.7. The molecule has 0 radical (unpaired) electrons. The standard InChI is InChI=1S/C12H17N3O3S/c1-12(16,7-13)6-10-14-8-4-3-5-9(11(8)15-10)19(2,17)18/h3-5,16H,6-7,13H2,1-2H3,(H,14,15). The smallest absolute Gasteiger partial charge is 0.177 e. The Kier molecular flexibility index (Phi) is 3.38. The quantitative estimate of drug-likeness (QED) is 0.743. The molecule has 1 aromatic carbocycles. The molecule has 0 saturated heterocycles. The molecule has 0 aliphatic carbocycles. The van der Waals surface area contributed by atoms with Gasteiger partial charge < -0.3 is 15.8 Å². The number of aliphatic hydroxyl groups is 1. The van der Waals surface area contributed by atoms with E-state index in [2.05, 4.69) is 9.97 Å². The second-order valence-electron chi connectivity index (χ2n) is 4.99. The lowest BCUT2D eigenvalue weighted by molar-refractivity contribution is 0.0678. The van der Waals surface area contributed by atoms with E-state index in [1.807, 2.05) is 0 Å². The summed E-state index contributed by atoms with van der Waals surface area (Å²) >= 11 is 0. The summed E-state index contributed by atoms with van der Waals surface area (Å²) in [6.45, 7) is 1.71. The van der Waals surface area contributed by atoms with Gasteiger partial charge in [-0.3, -0.25) is 0 Å². The summed E-state index contributed by atoms with van der Waals surface area (Å²) < 4.78 is 23.3. The lowest BCUT2D eigenvalue weighted by atomic mass is 10.0. The molecule has 0 amide bonds. The van der Waals surface area contributed by atoms with Crippen molar-refractivity contribution in [3.05, 3.63) is 24.0 Å². The van der Waals surface area contributed by atoms with Gasteiger partial charge in [0, 0.05) is 19.2 Å². The average molecular weight is 283 g/mol. The highest BCUT2D eigenvalue weighted by atomic mass is 32.2. The highest BCUT2D eigenvalue weighted by molar-refractivity contribution is 7.91. The summed E-state index contributed by atoms with van der Waals surface area (Å²) in [6, 6.07) is 4.92. The molecule has 6 nitrogen and oxygen atoms in total. The van der Waals surface area contributed by atoms with Gasteiger partial charge in [0.1, 0.15) is 11.3 Å². The van der Waals surface area contributed by atoms with Crippen molar-refractivity contribution >= 4 is 20.9 Å². The molecule has 2 aromatic rings. The number of nitrogens with two attached hydrogens (primary N) is 1. The van der Waals surface area contributed by atoms with Crippen molar-refractivity contribution in [3.63, 3.8) is 0 Å². The van der Waals surface area contributed by atoms with Crippen LogP contribution in [0.15, 0.2) is 23.1 Å². The van der Waals surface area contributed by atoms with Crippen molar-refractivity contribution in [2.75, 3.05) is 12.8 Å². The topological polar surface area (TPSA) is 109 Å². The van der Waals surface area contributed by atoms with E-state index in [0.717, 1.165) is 6.26 Å². The van der Waals surface area contributed by atoms with Crippen molar-refractivity contribution < 1.29 is 13.5 Å². The number of imidazole rings is 1. The summed E-state index contributed by atoms with van der Waals surface area (Å²) in [5, 5.41) is 9.93. The van der Waals surface area contributed by atoms with Crippen LogP contribution < -0.4 is 5.73 Å². The molecule has 0 spiro atoms. The van der Waals surface area contributed by atoms with Crippen LogP contribution in [0.25, 0.3) is 11.0 Å². The van der Waals surface area contributed by atoms with Gasteiger partial charge in [0.05, 0.1) is 16.0 Å². The van der Waals surface area contributed by atoms with Crippen LogP contribution in [-0.4, -0.2) is 41.9 Å². The van der Waals surface area contributed by atoms with Gasteiger partial charge in [0.25, 0.3) is 0 Å². The molecule has 2 rings (SSSR count). The lowest BCUT2D eigenvalue weighted by Crippen LogP contribution is -2.36. The molecule has 1 atom stereocenters. The summed E-state index contributed by atoms with van der Waals surface area (Å²) in [7, 11) is -3.34. The molecule has 0 aliphatic heterocycles. The Morgan fingerprint density at radius 3 is 2.74 bits per heavy atom. The molecular weight excluding hydrogens is 266 g/mol. The third-order valence-electron chi connectivity index (χ3n) is 2.91. The molecular formula is C12H17N3O3S. The fourth-order valence-corrected chi connectivity index (χ4v) is 2.71. The Morgan fingerprint density at radius 1 is 1.47 bits per heavy atom. The van der Waals surface area contributed by atoms with Crippen LogP contribution in [0, 0.1) is 0 Å². The third-order valence-corrected chi connectivity index (χ3v) is 4.04. The number of aromatic amines is 1. The molecule has 7 heteroatoms. The van der Waals surface area contributed by atoms with Crippen molar-refractivity contribution in [3.8, 4) is 0 Å². The lowest BCUT2D eigenvalue weighted by Gasteiger charge is -2.18. The van der Waals surface area contributed by atoms with Gasteiger partial charge in [-0.05, 0) is 19.1 Å². The Hall–Kier alpha value is -1.44. The van der Waals surface area contributed by atoms with Gasteiger partial charge in [0.15, 0.2) is 9.84 Å². The number of H-pyrrole nitrogens is 1. The zero-order valence-electron chi connectivity index (χ0n) is 10.8. The van der Waals surface area contributed by atoms with Crippen LogP contribution in [0.4, 0.5) is 0 Å². The SMILES string of the molecule is CC(O)(CN)Cc1nc2c(S(C)(=O)=O)cccc2[nH]1. The first-order valence-corrected chi connectivity index (χ1v) is 7.72. The highest BCUT2D eigenvalue weighted by Crippen LogP contribution is 2.22. The number of hydrogen-bond donors (Lipinski definition) is 3. The van der Waals surface area contributed by atoms with E-state index < -0.39 is 15.4 Å². The van der Waals surface area contributed by atoms with Gasteiger partial charge >= 0.3 is 0 Å². The number of aromatic nitrogens is 2. The largest absolute Gasteiger partial charge is 0.388 e. The molecule has 0 saturated carbocycles. The maximum atomic E-state index is 11.7. The number of para-hydroxylation sites is 1. The Labute approximate surface area is 111 Å². The predicted octanol–water partition coefficient (Wildman–Crippen LogP) is 0.219. The summed E-state index contributed by atoms with van der Waals surface area (Å²) in [5.74, 6) is 0.515. The monoisotopic (exact) mass is 283 g/mol. The van der Waals surface area contributed by atoms with Gasteiger partial charge in [-0.1, -0.05) is 6.07 Å². The highest BCUT2D eigenvalue weighted by Gasteiger charge is 2.22. The Bertz CT molecular complexity index is 704. The van der Waals surface area contributed by atoms with Crippen LogP contribution >= 0.6 is 0 Å². The second-order valence-corrected chi connectivity index (χ2v) is 6.97. The number of nitrogens with one attached hydrogen (secondary N) is 1. The van der Waals surface area contributed by atoms with Crippen molar-refractivity contribution in [1.29, 1.82) is 0 Å². The first kappa shape index (κ1) is 14.0. The number of sulfone groups is 1. The first-order chi connectivity index (χ1) is 8.73. The van der Waals surface area contributed by atoms with Crippen molar-refractivity contribution in [1.82, 2.24) is 9.97 Å². The summed E-state index contributed by atoms with van der Waals surface area (Å²) in [5.41, 5.74) is 5.42. The van der Waals surface area contributed by atoms with Gasteiger partial charge in [-0.15, -0.1) is 0 Å². The van der Waals surface area contributed by atoms with E-state index in [1.54, 1.807) is 19.1 Å². The summed E-state index contributed by atoms with van der Waals surface area (Å²) in [4.78, 5) is 7.45. The maximum Gasteiger partial charge on any atom is 0.177 e. The Morgan fingerprint density at radius 2 is 2.16 bits per heavy atom. The minimum atomic E-state index is -3.34. The van der Waals surface area contributed by atoms with Crippen molar-refractivity contribution in [2.45, 2.75) is 23.8 Å². The van der Waals surface area contributed by atoms with E-state index in [1.165, 1.54) is 6.07 Å². The number of rotatable bonds is 4. The molecule has 0 bridgehead atoms. The molecule has 0 aliphatic rings. The van der Waals surface area contributed by atoms with Crippen LogP contribution in [0.2, 0.25) is 0 Å². The average Bonchev–Trinajstić information content (AvgIpc) is 2.68. The van der Waals surface area contributed by atoms with Gasteiger partial charge in [-0.25, -0.2) is 13.4 Å². The fourth-order valence-electron chi connectivity index (χ4n) is 1.87. The van der Waals surface area contributed by atoms with E-state index in [-0.39, 0.29) is 17.9 Å². The minimum Gasteiger partial charge on any atom is -0.388 e. The molecule has 1 unspecified atom stereocenters. The fraction of sp³-hybridized carbons (Fsp3) is 0.417. The van der Waals surface area contributed by atoms with Gasteiger partial charge in [-0.2, -0.15) is 0 Å². The zero-order chi connectivity index (χ0) is 14.3. The predicted molar refractivity (Wildman–Crippen MR) is 72.6 cm³/mol. The number of fused-ring (bicyclic) bond motifs is 1. The van der Waals surface area contributed by atoms with E-state index in [0.29, 0.717) is 16.9 Å². The van der Waals surface area contributed by atoms with Crippen LogP contribution in [0.3, 0.4) is 0 Å².